The van der Waals surface area contributed by atoms with Gasteiger partial charge in [-0.05, 0) is 25.8 Å². The Morgan fingerprint density at radius 1 is 1.47 bits per heavy atom. The van der Waals surface area contributed by atoms with Crippen LogP contribution in [0.15, 0.2) is 4.52 Å². The third-order valence-electron chi connectivity index (χ3n) is 2.90. The Morgan fingerprint density at radius 3 is 2.87 bits per heavy atom. The number of aliphatic hydroxyl groups is 1. The summed E-state index contributed by atoms with van der Waals surface area (Å²) in [6.07, 6.45) is 4.49. The molecule has 0 saturated heterocycles. The van der Waals surface area contributed by atoms with Crippen LogP contribution in [0.25, 0.3) is 0 Å². The van der Waals surface area contributed by atoms with Crippen molar-refractivity contribution in [3.05, 3.63) is 11.7 Å². The first-order chi connectivity index (χ1) is 7.31. The van der Waals surface area contributed by atoms with E-state index in [9.17, 15) is 5.11 Å². The van der Waals surface area contributed by atoms with Gasteiger partial charge in [0.1, 0.15) is 6.10 Å². The highest BCUT2D eigenvalue weighted by molar-refractivity contribution is 4.99. The van der Waals surface area contributed by atoms with E-state index in [4.69, 9.17) is 10.3 Å². The van der Waals surface area contributed by atoms with Gasteiger partial charge >= 0.3 is 0 Å². The van der Waals surface area contributed by atoms with Crippen molar-refractivity contribution in [1.82, 2.24) is 10.1 Å². The summed E-state index contributed by atoms with van der Waals surface area (Å²) in [4.78, 5) is 4.23. The zero-order chi connectivity index (χ0) is 10.7. The molecule has 1 aromatic rings. The zero-order valence-electron chi connectivity index (χ0n) is 8.72. The van der Waals surface area contributed by atoms with Crippen molar-refractivity contribution in [2.24, 2.45) is 5.73 Å². The minimum atomic E-state index is -0.711. The fourth-order valence-electron chi connectivity index (χ4n) is 2.01. The first-order valence-electron chi connectivity index (χ1n) is 5.53. The molecule has 15 heavy (non-hydrogen) atoms. The Morgan fingerprint density at radius 2 is 2.20 bits per heavy atom. The number of nitrogens with two attached hydrogens (primary N) is 1. The highest BCUT2D eigenvalue weighted by atomic mass is 16.5. The molecule has 1 fully saturated rings. The van der Waals surface area contributed by atoms with E-state index in [0.717, 1.165) is 18.7 Å². The van der Waals surface area contributed by atoms with Gasteiger partial charge in [0.15, 0.2) is 5.82 Å². The third-order valence-corrected chi connectivity index (χ3v) is 2.90. The monoisotopic (exact) mass is 211 g/mol. The van der Waals surface area contributed by atoms with Crippen LogP contribution in [0, 0.1) is 0 Å². The van der Waals surface area contributed by atoms with Gasteiger partial charge in [-0.15, -0.1) is 0 Å². The maximum atomic E-state index is 9.60. The van der Waals surface area contributed by atoms with E-state index in [1.165, 1.54) is 12.8 Å². The van der Waals surface area contributed by atoms with Crippen LogP contribution < -0.4 is 5.73 Å². The molecule has 1 aliphatic rings. The maximum absolute atomic E-state index is 9.60. The molecule has 0 spiro atoms. The van der Waals surface area contributed by atoms with E-state index in [0.29, 0.717) is 24.8 Å². The Labute approximate surface area is 88.7 Å². The lowest BCUT2D eigenvalue weighted by Gasteiger charge is -2.02. The summed E-state index contributed by atoms with van der Waals surface area (Å²) >= 11 is 0. The second kappa shape index (κ2) is 4.72. The fraction of sp³-hybridized carbons (Fsp3) is 0.800. The van der Waals surface area contributed by atoms with Gasteiger partial charge in [-0.3, -0.25) is 0 Å². The molecule has 1 atom stereocenters. The maximum Gasteiger partial charge on any atom is 0.255 e. The van der Waals surface area contributed by atoms with E-state index < -0.39 is 6.10 Å². The number of hydrogen-bond acceptors (Lipinski definition) is 5. The van der Waals surface area contributed by atoms with Gasteiger partial charge in [0.05, 0.1) is 0 Å². The van der Waals surface area contributed by atoms with Crippen LogP contribution in [0.2, 0.25) is 0 Å². The average Bonchev–Trinajstić information content (AvgIpc) is 2.89. The molecular weight excluding hydrogens is 194 g/mol. The van der Waals surface area contributed by atoms with Crippen molar-refractivity contribution in [3.8, 4) is 0 Å². The Kier molecular flexibility index (Phi) is 3.33. The normalized spacial score (nSPS) is 19.6. The summed E-state index contributed by atoms with van der Waals surface area (Å²) in [5.74, 6) is 1.48. The summed E-state index contributed by atoms with van der Waals surface area (Å²) in [6.45, 7) is 0.419. The van der Waals surface area contributed by atoms with Crippen molar-refractivity contribution in [2.75, 3.05) is 6.54 Å². The molecule has 1 aliphatic carbocycles. The summed E-state index contributed by atoms with van der Waals surface area (Å²) < 4.78 is 5.02. The molecule has 1 saturated carbocycles. The summed E-state index contributed by atoms with van der Waals surface area (Å²) in [5, 5.41) is 13.5. The Bertz CT molecular complexity index is 307. The van der Waals surface area contributed by atoms with Gasteiger partial charge in [0, 0.05) is 5.92 Å². The highest BCUT2D eigenvalue weighted by Gasteiger charge is 2.24. The van der Waals surface area contributed by atoms with E-state index in [-0.39, 0.29) is 0 Å². The highest BCUT2D eigenvalue weighted by Crippen LogP contribution is 2.32. The second-order valence-electron chi connectivity index (χ2n) is 4.07. The predicted molar refractivity (Wildman–Crippen MR) is 54.1 cm³/mol. The van der Waals surface area contributed by atoms with Crippen LogP contribution in [-0.2, 0) is 0 Å². The molecule has 84 valence electrons. The molecule has 2 rings (SSSR count). The van der Waals surface area contributed by atoms with E-state index in [2.05, 4.69) is 10.1 Å². The summed E-state index contributed by atoms with van der Waals surface area (Å²) in [5.41, 5.74) is 5.35. The largest absolute Gasteiger partial charge is 0.383 e. The van der Waals surface area contributed by atoms with E-state index in [1.54, 1.807) is 0 Å². The van der Waals surface area contributed by atoms with Crippen LogP contribution in [-0.4, -0.2) is 21.8 Å². The quantitative estimate of drug-likeness (QED) is 0.779. The molecule has 0 radical (unpaired) electrons. The molecule has 0 aromatic carbocycles. The zero-order valence-corrected chi connectivity index (χ0v) is 8.72. The Balaban J connectivity index is 2.02. The van der Waals surface area contributed by atoms with Crippen LogP contribution in [0.4, 0.5) is 0 Å². The first-order valence-corrected chi connectivity index (χ1v) is 5.53. The van der Waals surface area contributed by atoms with E-state index in [1.807, 2.05) is 0 Å². The first kappa shape index (κ1) is 10.6. The third kappa shape index (κ3) is 2.35. The molecule has 0 amide bonds. The van der Waals surface area contributed by atoms with Crippen molar-refractivity contribution < 1.29 is 9.63 Å². The van der Waals surface area contributed by atoms with Gasteiger partial charge in [-0.2, -0.15) is 4.98 Å². The van der Waals surface area contributed by atoms with Gasteiger partial charge < -0.3 is 15.4 Å². The topological polar surface area (TPSA) is 85.2 Å². The molecular formula is C10H17N3O2. The molecule has 5 heteroatoms. The lowest BCUT2D eigenvalue weighted by molar-refractivity contribution is 0.127. The predicted octanol–water partition coefficient (Wildman–Crippen LogP) is 1.11. The van der Waals surface area contributed by atoms with E-state index >= 15 is 0 Å². The van der Waals surface area contributed by atoms with Gasteiger partial charge in [-0.1, -0.05) is 18.0 Å². The smallest absolute Gasteiger partial charge is 0.255 e. The molecule has 3 N–H and O–H groups in total. The standard InChI is InChI=1S/C10H17N3O2/c11-6-5-8(14)10-12-9(13-15-10)7-3-1-2-4-7/h7-8,14H,1-6,11H2/t8-/m0/s1. The average molecular weight is 211 g/mol. The number of hydrogen-bond donors (Lipinski definition) is 2. The Hall–Kier alpha value is -0.940. The minimum Gasteiger partial charge on any atom is -0.383 e. The van der Waals surface area contributed by atoms with Crippen molar-refractivity contribution in [1.29, 1.82) is 0 Å². The van der Waals surface area contributed by atoms with Crippen LogP contribution in [0.5, 0.6) is 0 Å². The van der Waals surface area contributed by atoms with Crippen LogP contribution in [0.3, 0.4) is 0 Å². The second-order valence-corrected chi connectivity index (χ2v) is 4.07. The number of aliphatic hydroxyl groups excluding tert-OH is 1. The SMILES string of the molecule is NCC[C@H](O)c1nc(C2CCCC2)no1. The lowest BCUT2D eigenvalue weighted by Crippen LogP contribution is -2.07. The summed E-state index contributed by atoms with van der Waals surface area (Å²) in [7, 11) is 0. The lowest BCUT2D eigenvalue weighted by atomic mass is 10.1. The number of nitrogens with zero attached hydrogens (tertiary/aromatic N) is 2. The van der Waals surface area contributed by atoms with Crippen molar-refractivity contribution in [3.63, 3.8) is 0 Å². The minimum absolute atomic E-state index is 0.308. The number of rotatable bonds is 4. The van der Waals surface area contributed by atoms with Crippen molar-refractivity contribution >= 4 is 0 Å². The van der Waals surface area contributed by atoms with Gasteiger partial charge in [-0.25, -0.2) is 0 Å². The fourth-order valence-corrected chi connectivity index (χ4v) is 2.01. The van der Waals surface area contributed by atoms with Gasteiger partial charge in [0.2, 0.25) is 0 Å². The molecule has 5 nitrogen and oxygen atoms in total. The molecule has 0 bridgehead atoms. The van der Waals surface area contributed by atoms with Crippen LogP contribution in [0.1, 0.15) is 55.8 Å². The molecule has 1 aromatic heterocycles. The molecule has 0 unspecified atom stereocenters. The van der Waals surface area contributed by atoms with Crippen LogP contribution >= 0.6 is 0 Å². The van der Waals surface area contributed by atoms with Gasteiger partial charge in [0.25, 0.3) is 5.89 Å². The van der Waals surface area contributed by atoms with Crippen molar-refractivity contribution in [2.45, 2.75) is 44.1 Å². The molecule has 0 aliphatic heterocycles. The number of aromatic nitrogens is 2. The summed E-state index contributed by atoms with van der Waals surface area (Å²) in [6, 6.07) is 0. The molecule has 1 heterocycles.